The van der Waals surface area contributed by atoms with Crippen molar-refractivity contribution in [3.05, 3.63) is 58.3 Å². The molecule has 1 aliphatic heterocycles. The van der Waals surface area contributed by atoms with E-state index >= 15 is 0 Å². The van der Waals surface area contributed by atoms with Crippen molar-refractivity contribution >= 4 is 17.3 Å². The molecule has 122 valence electrons. The van der Waals surface area contributed by atoms with Crippen molar-refractivity contribution in [2.75, 3.05) is 13.7 Å². The number of carbonyl (C=O) groups excluding carboxylic acids is 1. The lowest BCUT2D eigenvalue weighted by molar-refractivity contribution is -0.144. The molecule has 0 aliphatic carbocycles. The predicted octanol–water partition coefficient (Wildman–Crippen LogP) is 4.06. The van der Waals surface area contributed by atoms with Crippen molar-refractivity contribution in [3.8, 4) is 0 Å². The number of nitrogens with zero attached hydrogens (tertiary/aromatic N) is 1. The molecule has 0 radical (unpaired) electrons. The minimum absolute atomic E-state index is 0.126. The molecule has 0 amide bonds. The molecule has 3 nitrogen and oxygen atoms in total. The van der Waals surface area contributed by atoms with Crippen molar-refractivity contribution in [2.45, 2.75) is 37.8 Å². The number of benzene rings is 1. The van der Waals surface area contributed by atoms with Crippen molar-refractivity contribution in [1.82, 2.24) is 4.90 Å². The molecule has 1 aromatic heterocycles. The minimum Gasteiger partial charge on any atom is -0.469 e. The van der Waals surface area contributed by atoms with Gasteiger partial charge in [0.15, 0.2) is 0 Å². The Morgan fingerprint density at radius 3 is 2.83 bits per heavy atom. The molecule has 3 rings (SSSR count). The van der Waals surface area contributed by atoms with Gasteiger partial charge in [-0.15, -0.1) is 0 Å². The third-order valence-corrected chi connectivity index (χ3v) is 5.36. The number of methoxy groups -OCH3 is 1. The van der Waals surface area contributed by atoms with E-state index in [2.05, 4.69) is 21.7 Å². The number of piperidine rings is 1. The van der Waals surface area contributed by atoms with Gasteiger partial charge in [0.1, 0.15) is 0 Å². The summed E-state index contributed by atoms with van der Waals surface area (Å²) in [6.45, 7) is 1.95. The summed E-state index contributed by atoms with van der Waals surface area (Å²) >= 11 is 1.73. The second kappa shape index (κ2) is 7.75. The minimum atomic E-state index is -0.208. The molecule has 2 heterocycles. The maximum Gasteiger partial charge on any atom is 0.314 e. The SMILES string of the molecule is COC(=O)C(c1ccccc1)C1CCCCN1Cc1ccsc1. The van der Waals surface area contributed by atoms with Crippen LogP contribution in [0.5, 0.6) is 0 Å². The van der Waals surface area contributed by atoms with Gasteiger partial charge in [-0.25, -0.2) is 0 Å². The van der Waals surface area contributed by atoms with E-state index in [-0.39, 0.29) is 17.9 Å². The Morgan fingerprint density at radius 2 is 2.13 bits per heavy atom. The first-order valence-electron chi connectivity index (χ1n) is 8.17. The second-order valence-corrected chi connectivity index (χ2v) is 6.86. The molecule has 0 saturated carbocycles. The molecule has 4 heteroatoms. The van der Waals surface area contributed by atoms with Crippen molar-refractivity contribution in [3.63, 3.8) is 0 Å². The highest BCUT2D eigenvalue weighted by Gasteiger charge is 2.36. The first-order chi connectivity index (χ1) is 11.3. The summed E-state index contributed by atoms with van der Waals surface area (Å²) in [5.41, 5.74) is 2.39. The van der Waals surface area contributed by atoms with E-state index in [0.717, 1.165) is 25.1 Å². The molecular formula is C19H23NO2S. The summed E-state index contributed by atoms with van der Waals surface area (Å²) in [6, 6.07) is 12.4. The largest absolute Gasteiger partial charge is 0.469 e. The number of hydrogen-bond acceptors (Lipinski definition) is 4. The Balaban J connectivity index is 1.87. The lowest BCUT2D eigenvalue weighted by Crippen LogP contribution is -2.45. The fraction of sp³-hybridized carbons (Fsp3) is 0.421. The van der Waals surface area contributed by atoms with Crippen LogP contribution in [0.2, 0.25) is 0 Å². The molecule has 2 atom stereocenters. The predicted molar refractivity (Wildman–Crippen MR) is 93.6 cm³/mol. The fourth-order valence-electron chi connectivity index (χ4n) is 3.51. The number of ether oxygens (including phenoxy) is 1. The Bertz CT molecular complexity index is 612. The Hall–Kier alpha value is -1.65. The Morgan fingerprint density at radius 1 is 1.30 bits per heavy atom. The maximum absolute atomic E-state index is 12.5. The van der Waals surface area contributed by atoms with Crippen LogP contribution in [0.25, 0.3) is 0 Å². The van der Waals surface area contributed by atoms with Crippen LogP contribution in [0.4, 0.5) is 0 Å². The highest BCUT2D eigenvalue weighted by molar-refractivity contribution is 7.07. The van der Waals surface area contributed by atoms with Gasteiger partial charge in [0.2, 0.25) is 0 Å². The highest BCUT2D eigenvalue weighted by atomic mass is 32.1. The molecule has 0 N–H and O–H groups in total. The number of carbonyl (C=O) groups is 1. The van der Waals surface area contributed by atoms with Crippen molar-refractivity contribution in [1.29, 1.82) is 0 Å². The third-order valence-electron chi connectivity index (χ3n) is 4.63. The quantitative estimate of drug-likeness (QED) is 0.775. The van der Waals surface area contributed by atoms with E-state index in [1.165, 1.54) is 25.5 Å². The van der Waals surface area contributed by atoms with Gasteiger partial charge in [-0.05, 0) is 47.3 Å². The number of hydrogen-bond donors (Lipinski definition) is 0. The standard InChI is InChI=1S/C19H23NO2S/c1-22-19(21)18(16-7-3-2-4-8-16)17-9-5-6-11-20(17)13-15-10-12-23-14-15/h2-4,7-8,10,12,14,17-18H,5-6,9,11,13H2,1H3. The zero-order chi connectivity index (χ0) is 16.1. The molecule has 1 aliphatic rings. The van der Waals surface area contributed by atoms with E-state index in [4.69, 9.17) is 4.74 Å². The van der Waals surface area contributed by atoms with Crippen LogP contribution in [0.15, 0.2) is 47.2 Å². The third kappa shape index (κ3) is 3.82. The van der Waals surface area contributed by atoms with Crippen LogP contribution in [0.1, 0.15) is 36.3 Å². The lowest BCUT2D eigenvalue weighted by atomic mass is 9.85. The van der Waals surface area contributed by atoms with Crippen LogP contribution in [0, 0.1) is 0 Å². The van der Waals surface area contributed by atoms with E-state index in [1.807, 2.05) is 30.3 Å². The first-order valence-corrected chi connectivity index (χ1v) is 9.12. The number of rotatable bonds is 5. The molecule has 0 spiro atoms. The zero-order valence-electron chi connectivity index (χ0n) is 13.5. The summed E-state index contributed by atoms with van der Waals surface area (Å²) in [5, 5.41) is 4.31. The zero-order valence-corrected chi connectivity index (χ0v) is 14.3. The first kappa shape index (κ1) is 16.2. The average molecular weight is 329 g/mol. The smallest absolute Gasteiger partial charge is 0.314 e. The van der Waals surface area contributed by atoms with E-state index in [9.17, 15) is 4.79 Å². The molecule has 1 aromatic carbocycles. The molecule has 0 bridgehead atoms. The Labute approximate surface area is 141 Å². The van der Waals surface area contributed by atoms with E-state index < -0.39 is 0 Å². The average Bonchev–Trinajstić information content (AvgIpc) is 3.10. The van der Waals surface area contributed by atoms with Crippen LogP contribution < -0.4 is 0 Å². The van der Waals surface area contributed by atoms with Crippen LogP contribution in [-0.4, -0.2) is 30.6 Å². The van der Waals surface area contributed by atoms with E-state index in [0.29, 0.717) is 0 Å². The van der Waals surface area contributed by atoms with Crippen molar-refractivity contribution in [2.24, 2.45) is 0 Å². The summed E-state index contributed by atoms with van der Waals surface area (Å²) in [6.07, 6.45) is 3.41. The van der Waals surface area contributed by atoms with Crippen LogP contribution in [0.3, 0.4) is 0 Å². The van der Waals surface area contributed by atoms with Gasteiger partial charge in [-0.3, -0.25) is 9.69 Å². The molecule has 1 saturated heterocycles. The molecular weight excluding hydrogens is 306 g/mol. The highest BCUT2D eigenvalue weighted by Crippen LogP contribution is 2.32. The number of esters is 1. The number of likely N-dealkylation sites (tertiary alicyclic amines) is 1. The van der Waals surface area contributed by atoms with Crippen LogP contribution in [-0.2, 0) is 16.1 Å². The van der Waals surface area contributed by atoms with Crippen LogP contribution >= 0.6 is 11.3 Å². The van der Waals surface area contributed by atoms with Gasteiger partial charge in [-0.1, -0.05) is 36.8 Å². The maximum atomic E-state index is 12.5. The van der Waals surface area contributed by atoms with Crippen molar-refractivity contribution < 1.29 is 9.53 Å². The van der Waals surface area contributed by atoms with Gasteiger partial charge in [0, 0.05) is 12.6 Å². The molecule has 2 unspecified atom stereocenters. The van der Waals surface area contributed by atoms with Gasteiger partial charge in [-0.2, -0.15) is 11.3 Å². The second-order valence-electron chi connectivity index (χ2n) is 6.08. The van der Waals surface area contributed by atoms with E-state index in [1.54, 1.807) is 11.3 Å². The summed E-state index contributed by atoms with van der Waals surface area (Å²) in [5.74, 6) is -0.335. The normalized spacial score (nSPS) is 20.1. The lowest BCUT2D eigenvalue weighted by Gasteiger charge is -2.39. The summed E-state index contributed by atoms with van der Waals surface area (Å²) < 4.78 is 5.14. The monoisotopic (exact) mass is 329 g/mol. The van der Waals surface area contributed by atoms with Gasteiger partial charge >= 0.3 is 5.97 Å². The summed E-state index contributed by atoms with van der Waals surface area (Å²) in [7, 11) is 1.49. The number of thiophene rings is 1. The fourth-order valence-corrected chi connectivity index (χ4v) is 4.17. The molecule has 23 heavy (non-hydrogen) atoms. The van der Waals surface area contributed by atoms with Gasteiger partial charge in [0.25, 0.3) is 0 Å². The van der Waals surface area contributed by atoms with Gasteiger partial charge in [0.05, 0.1) is 13.0 Å². The van der Waals surface area contributed by atoms with Gasteiger partial charge < -0.3 is 4.74 Å². The summed E-state index contributed by atoms with van der Waals surface area (Å²) in [4.78, 5) is 15.0. The molecule has 2 aromatic rings. The molecule has 1 fully saturated rings. The topological polar surface area (TPSA) is 29.5 Å². The Kier molecular flexibility index (Phi) is 5.47.